The smallest absolute Gasteiger partial charge is 0.311 e. The Morgan fingerprint density at radius 1 is 1.33 bits per heavy atom. The highest BCUT2D eigenvalue weighted by Crippen LogP contribution is 2.17. The average Bonchev–Trinajstić information content (AvgIpc) is 3.42. The van der Waals surface area contributed by atoms with Crippen LogP contribution in [0.4, 0.5) is 10.8 Å². The summed E-state index contributed by atoms with van der Waals surface area (Å²) in [5, 5.41) is 14.5. The van der Waals surface area contributed by atoms with Crippen LogP contribution in [0, 0.1) is 0 Å². The van der Waals surface area contributed by atoms with E-state index in [2.05, 4.69) is 49.8 Å². The number of hydrogen-bond donors (Lipinski definition) is 1. The standard InChI is InChI=1S/C20H25N7O2S/c1-3-26(11-12-27-10-9-21-25-27)18-7-5-16(6-8-18)14-22-24-20-23-17(15-30-20)13-19(28)29-4-2/h5-10,14-15H,3-4,11-13H2,1-2H3,(H,23,24). The van der Waals surface area contributed by atoms with Gasteiger partial charge in [0.15, 0.2) is 0 Å². The fourth-order valence-electron chi connectivity index (χ4n) is 2.78. The second kappa shape index (κ2) is 11.1. The van der Waals surface area contributed by atoms with Gasteiger partial charge in [-0.25, -0.2) is 4.98 Å². The van der Waals surface area contributed by atoms with Crippen molar-refractivity contribution in [2.24, 2.45) is 5.10 Å². The number of esters is 1. The Labute approximate surface area is 179 Å². The van der Waals surface area contributed by atoms with Crippen LogP contribution in [0.5, 0.6) is 0 Å². The molecule has 30 heavy (non-hydrogen) atoms. The van der Waals surface area contributed by atoms with E-state index in [0.717, 1.165) is 30.9 Å². The third-order valence-electron chi connectivity index (χ3n) is 4.27. The number of anilines is 2. The lowest BCUT2D eigenvalue weighted by atomic mass is 10.2. The van der Waals surface area contributed by atoms with Gasteiger partial charge in [-0.3, -0.25) is 14.9 Å². The summed E-state index contributed by atoms with van der Waals surface area (Å²) in [6, 6.07) is 8.19. The van der Waals surface area contributed by atoms with E-state index in [1.807, 2.05) is 28.4 Å². The summed E-state index contributed by atoms with van der Waals surface area (Å²) in [4.78, 5) is 18.1. The van der Waals surface area contributed by atoms with Crippen molar-refractivity contribution in [2.75, 3.05) is 30.0 Å². The molecule has 0 atom stereocenters. The van der Waals surface area contributed by atoms with Gasteiger partial charge in [-0.05, 0) is 31.5 Å². The van der Waals surface area contributed by atoms with Crippen molar-refractivity contribution < 1.29 is 9.53 Å². The molecule has 0 unspecified atom stereocenters. The molecule has 0 aliphatic heterocycles. The Balaban J connectivity index is 1.50. The molecular weight excluding hydrogens is 402 g/mol. The number of hydrazone groups is 1. The second-order valence-electron chi connectivity index (χ2n) is 6.33. The van der Waals surface area contributed by atoms with Crippen LogP contribution in [0.2, 0.25) is 0 Å². The predicted molar refractivity (Wildman–Crippen MR) is 118 cm³/mol. The van der Waals surface area contributed by atoms with Gasteiger partial charge in [-0.15, -0.1) is 16.4 Å². The third kappa shape index (κ3) is 6.38. The van der Waals surface area contributed by atoms with Crippen LogP contribution in [-0.2, 0) is 22.5 Å². The lowest BCUT2D eigenvalue weighted by Gasteiger charge is -2.23. The number of hydrogen-bond acceptors (Lipinski definition) is 9. The average molecular weight is 428 g/mol. The molecule has 0 aliphatic carbocycles. The van der Waals surface area contributed by atoms with Gasteiger partial charge in [0.1, 0.15) is 0 Å². The van der Waals surface area contributed by atoms with E-state index < -0.39 is 0 Å². The summed E-state index contributed by atoms with van der Waals surface area (Å²) in [5.74, 6) is -0.277. The monoisotopic (exact) mass is 427 g/mol. The number of carbonyl (C=O) groups is 1. The Morgan fingerprint density at radius 3 is 2.87 bits per heavy atom. The van der Waals surface area contributed by atoms with E-state index in [9.17, 15) is 4.79 Å². The Kier molecular flexibility index (Phi) is 7.90. The minimum Gasteiger partial charge on any atom is -0.466 e. The first-order chi connectivity index (χ1) is 14.7. The van der Waals surface area contributed by atoms with Crippen LogP contribution in [0.1, 0.15) is 25.1 Å². The molecule has 0 saturated carbocycles. The van der Waals surface area contributed by atoms with Crippen LogP contribution in [0.15, 0.2) is 47.1 Å². The minimum absolute atomic E-state index is 0.169. The van der Waals surface area contributed by atoms with Crippen LogP contribution in [0.3, 0.4) is 0 Å². The summed E-state index contributed by atoms with van der Waals surface area (Å²) >= 11 is 1.40. The molecule has 0 saturated heterocycles. The lowest BCUT2D eigenvalue weighted by Crippen LogP contribution is -2.27. The van der Waals surface area contributed by atoms with Crippen molar-refractivity contribution in [3.8, 4) is 0 Å². The minimum atomic E-state index is -0.277. The number of thiazole rings is 1. The van der Waals surface area contributed by atoms with Gasteiger partial charge in [0.25, 0.3) is 0 Å². The molecule has 9 nitrogen and oxygen atoms in total. The van der Waals surface area contributed by atoms with Crippen LogP contribution in [-0.4, -0.2) is 51.9 Å². The van der Waals surface area contributed by atoms with Crippen molar-refractivity contribution in [3.63, 3.8) is 0 Å². The molecule has 3 rings (SSSR count). The summed E-state index contributed by atoms with van der Waals surface area (Å²) in [7, 11) is 0. The largest absolute Gasteiger partial charge is 0.466 e. The van der Waals surface area contributed by atoms with Crippen molar-refractivity contribution >= 4 is 34.3 Å². The summed E-state index contributed by atoms with van der Waals surface area (Å²) in [6.45, 7) is 6.83. The molecular formula is C20H25N7O2S. The Bertz CT molecular complexity index is 938. The van der Waals surface area contributed by atoms with E-state index in [0.29, 0.717) is 17.4 Å². The molecule has 0 aliphatic rings. The number of likely N-dealkylation sites (N-methyl/N-ethyl adjacent to an activating group) is 1. The highest BCUT2D eigenvalue weighted by atomic mass is 32.1. The second-order valence-corrected chi connectivity index (χ2v) is 7.19. The van der Waals surface area contributed by atoms with Gasteiger partial charge < -0.3 is 9.64 Å². The zero-order valence-corrected chi connectivity index (χ0v) is 17.9. The zero-order chi connectivity index (χ0) is 21.2. The number of ether oxygens (including phenoxy) is 1. The predicted octanol–water partition coefficient (Wildman–Crippen LogP) is 2.81. The van der Waals surface area contributed by atoms with Crippen molar-refractivity contribution in [1.29, 1.82) is 0 Å². The molecule has 0 radical (unpaired) electrons. The quantitative estimate of drug-likeness (QED) is 0.285. The van der Waals surface area contributed by atoms with Gasteiger partial charge >= 0.3 is 5.97 Å². The van der Waals surface area contributed by atoms with Crippen molar-refractivity contribution in [1.82, 2.24) is 20.0 Å². The van der Waals surface area contributed by atoms with Gasteiger partial charge in [0.05, 0.1) is 37.7 Å². The van der Waals surface area contributed by atoms with Gasteiger partial charge in [0.2, 0.25) is 5.13 Å². The first kappa shape index (κ1) is 21.4. The normalized spacial score (nSPS) is 11.0. The van der Waals surface area contributed by atoms with E-state index in [1.54, 1.807) is 19.3 Å². The number of aromatic nitrogens is 4. The van der Waals surface area contributed by atoms with Crippen LogP contribution < -0.4 is 10.3 Å². The lowest BCUT2D eigenvalue weighted by molar-refractivity contribution is -0.142. The van der Waals surface area contributed by atoms with E-state index >= 15 is 0 Å². The molecule has 0 bridgehead atoms. The number of rotatable bonds is 11. The summed E-state index contributed by atoms with van der Waals surface area (Å²) in [6.07, 6.45) is 5.46. The van der Waals surface area contributed by atoms with E-state index in [1.165, 1.54) is 11.3 Å². The Morgan fingerprint density at radius 2 is 2.17 bits per heavy atom. The highest BCUT2D eigenvalue weighted by Gasteiger charge is 2.08. The van der Waals surface area contributed by atoms with Gasteiger partial charge in [0, 0.05) is 30.4 Å². The SMILES string of the molecule is CCOC(=O)Cc1csc(NN=Cc2ccc(N(CC)CCn3ccnn3)cc2)n1. The van der Waals surface area contributed by atoms with Gasteiger partial charge in [-0.2, -0.15) is 5.10 Å². The van der Waals surface area contributed by atoms with Crippen LogP contribution in [0.25, 0.3) is 0 Å². The zero-order valence-electron chi connectivity index (χ0n) is 17.1. The molecule has 1 aromatic carbocycles. The fourth-order valence-corrected chi connectivity index (χ4v) is 3.44. The Hall–Kier alpha value is -3.27. The summed E-state index contributed by atoms with van der Waals surface area (Å²) < 4.78 is 6.75. The molecule has 0 spiro atoms. The maximum Gasteiger partial charge on any atom is 0.311 e. The van der Waals surface area contributed by atoms with Gasteiger partial charge in [-0.1, -0.05) is 17.3 Å². The maximum absolute atomic E-state index is 11.5. The molecule has 1 N–H and O–H groups in total. The van der Waals surface area contributed by atoms with Crippen molar-refractivity contribution in [2.45, 2.75) is 26.8 Å². The molecule has 158 valence electrons. The third-order valence-corrected chi connectivity index (χ3v) is 5.06. The highest BCUT2D eigenvalue weighted by molar-refractivity contribution is 7.13. The fraction of sp³-hybridized carbons (Fsp3) is 0.350. The molecule has 0 fully saturated rings. The number of nitrogens with zero attached hydrogens (tertiary/aromatic N) is 6. The van der Waals surface area contributed by atoms with Crippen molar-refractivity contribution in [3.05, 3.63) is 53.3 Å². The molecule has 2 aromatic heterocycles. The molecule has 3 aromatic rings. The number of benzene rings is 1. The maximum atomic E-state index is 11.5. The van der Waals surface area contributed by atoms with Crippen LogP contribution >= 0.6 is 11.3 Å². The molecule has 10 heteroatoms. The first-order valence-electron chi connectivity index (χ1n) is 9.76. The molecule has 2 heterocycles. The van der Waals surface area contributed by atoms with E-state index in [4.69, 9.17) is 4.74 Å². The molecule has 0 amide bonds. The van der Waals surface area contributed by atoms with E-state index in [-0.39, 0.29) is 12.4 Å². The number of carbonyl (C=O) groups excluding carboxylic acids is 1. The summed E-state index contributed by atoms with van der Waals surface area (Å²) in [5.41, 5.74) is 5.69. The number of nitrogens with one attached hydrogen (secondary N) is 1. The first-order valence-corrected chi connectivity index (χ1v) is 10.6. The topological polar surface area (TPSA) is 97.5 Å².